The highest BCUT2D eigenvalue weighted by atomic mass is 35.5. The first kappa shape index (κ1) is 31.8. The van der Waals surface area contributed by atoms with Crippen LogP contribution in [0.25, 0.3) is 0 Å². The van der Waals surface area contributed by atoms with E-state index in [4.69, 9.17) is 11.6 Å². The predicted molar refractivity (Wildman–Crippen MR) is 156 cm³/mol. The van der Waals surface area contributed by atoms with Gasteiger partial charge in [-0.3, -0.25) is 13.8 Å². The van der Waals surface area contributed by atoms with Gasteiger partial charge in [0, 0.05) is 22.5 Å². The Labute approximate surface area is 250 Å². The van der Waals surface area contributed by atoms with E-state index in [1.807, 2.05) is 0 Å². The Bertz CT molecular complexity index is 1870. The monoisotopic (exact) mass is 655 g/mol. The van der Waals surface area contributed by atoms with Gasteiger partial charge in [-0.2, -0.15) is 13.2 Å². The van der Waals surface area contributed by atoms with Gasteiger partial charge in [-0.1, -0.05) is 29.8 Å². The van der Waals surface area contributed by atoms with Crippen LogP contribution in [0.4, 0.5) is 34.6 Å². The summed E-state index contributed by atoms with van der Waals surface area (Å²) in [6, 6.07) is 18.7. The average molecular weight is 656 g/mol. The van der Waals surface area contributed by atoms with E-state index >= 15 is 0 Å². The van der Waals surface area contributed by atoms with Crippen LogP contribution in [0.5, 0.6) is 0 Å². The molecule has 0 spiro atoms. The van der Waals surface area contributed by atoms with Crippen molar-refractivity contribution >= 4 is 54.6 Å². The van der Waals surface area contributed by atoms with E-state index in [0.29, 0.717) is 6.07 Å². The summed E-state index contributed by atoms with van der Waals surface area (Å²) in [5.41, 5.74) is -0.835. The van der Waals surface area contributed by atoms with Crippen molar-refractivity contribution in [1.29, 1.82) is 0 Å². The van der Waals surface area contributed by atoms with Crippen molar-refractivity contribution in [3.8, 4) is 0 Å². The Morgan fingerprint density at radius 2 is 1.47 bits per heavy atom. The summed E-state index contributed by atoms with van der Waals surface area (Å²) >= 11 is 5.58. The van der Waals surface area contributed by atoms with Crippen LogP contribution >= 0.6 is 11.6 Å². The third-order valence-corrected chi connectivity index (χ3v) is 8.90. The lowest BCUT2D eigenvalue weighted by molar-refractivity contribution is -0.137. The van der Waals surface area contributed by atoms with Gasteiger partial charge in [0.15, 0.2) is 0 Å². The number of hydrogen-bond donors (Lipinski definition) is 2. The molecule has 0 aliphatic rings. The molecule has 8 nitrogen and oxygen atoms in total. The molecule has 4 aromatic carbocycles. The van der Waals surface area contributed by atoms with E-state index in [1.165, 1.54) is 54.6 Å². The van der Waals surface area contributed by atoms with E-state index in [2.05, 4.69) is 10.0 Å². The van der Waals surface area contributed by atoms with E-state index in [9.17, 15) is 39.2 Å². The van der Waals surface area contributed by atoms with Crippen molar-refractivity contribution in [2.75, 3.05) is 20.6 Å². The van der Waals surface area contributed by atoms with Crippen molar-refractivity contribution in [3.63, 3.8) is 0 Å². The second-order valence-corrected chi connectivity index (χ2v) is 13.2. The molecule has 43 heavy (non-hydrogen) atoms. The highest BCUT2D eigenvalue weighted by Gasteiger charge is 2.33. The van der Waals surface area contributed by atoms with Gasteiger partial charge in [0.2, 0.25) is 10.0 Å². The number of rotatable bonds is 9. The third kappa shape index (κ3) is 7.83. The van der Waals surface area contributed by atoms with Crippen LogP contribution in [-0.2, 0) is 32.8 Å². The van der Waals surface area contributed by atoms with E-state index in [1.54, 1.807) is 6.07 Å². The molecule has 0 radical (unpaired) electrons. The molecular weight excluding hydrogens is 634 g/mol. The number of carbonyl (C=O) groups is 1. The van der Waals surface area contributed by atoms with Crippen molar-refractivity contribution in [1.82, 2.24) is 0 Å². The van der Waals surface area contributed by atoms with Crippen LogP contribution in [0.1, 0.15) is 21.5 Å². The smallest absolute Gasteiger partial charge is 0.322 e. The van der Waals surface area contributed by atoms with Gasteiger partial charge in [0.05, 0.1) is 34.0 Å². The molecule has 4 rings (SSSR count). The average Bonchev–Trinajstić information content (AvgIpc) is 2.92. The normalized spacial score (nSPS) is 12.0. The number of hydrogen-bond acceptors (Lipinski definition) is 5. The van der Waals surface area contributed by atoms with E-state index in [-0.39, 0.29) is 39.6 Å². The van der Waals surface area contributed by atoms with Gasteiger partial charge >= 0.3 is 6.18 Å². The molecule has 2 N–H and O–H groups in total. The second-order valence-electron chi connectivity index (χ2n) is 9.18. The zero-order valence-corrected chi connectivity index (χ0v) is 24.5. The van der Waals surface area contributed by atoms with Gasteiger partial charge in [0.25, 0.3) is 15.9 Å². The number of alkyl halides is 3. The molecule has 0 aromatic heterocycles. The molecule has 15 heteroatoms. The molecule has 0 heterocycles. The Hall–Kier alpha value is -4.14. The molecule has 0 unspecified atom stereocenters. The summed E-state index contributed by atoms with van der Waals surface area (Å²) in [6.07, 6.45) is -3.81. The van der Waals surface area contributed by atoms with Gasteiger partial charge in [-0.05, 0) is 72.8 Å². The standard InChI is InChI=1S/C28H22ClF4N3O5S2/c1-42(38,39)36(17-19-4-2-3-5-26(19)30)22-11-6-18(7-12-22)27(37)34-20-8-13-23(14-9-20)43(40,41)35-21-10-15-25(29)24(16-21)28(31,32)33/h2-16,35H,17H2,1H3,(H,34,37). The summed E-state index contributed by atoms with van der Waals surface area (Å²) in [5, 5.41) is 1.98. The summed E-state index contributed by atoms with van der Waals surface area (Å²) in [4.78, 5) is 12.5. The summed E-state index contributed by atoms with van der Waals surface area (Å²) in [5.74, 6) is -1.16. The first-order valence-corrected chi connectivity index (χ1v) is 15.9. The molecule has 0 saturated heterocycles. The van der Waals surface area contributed by atoms with Gasteiger partial charge < -0.3 is 5.32 Å². The van der Waals surface area contributed by atoms with Crippen LogP contribution in [-0.4, -0.2) is 29.0 Å². The summed E-state index contributed by atoms with van der Waals surface area (Å²) < 4.78 is 107. The number of halogens is 5. The Morgan fingerprint density at radius 1 is 0.860 bits per heavy atom. The maximum atomic E-state index is 14.1. The van der Waals surface area contributed by atoms with Crippen LogP contribution in [0, 0.1) is 5.82 Å². The summed E-state index contributed by atoms with van der Waals surface area (Å²) in [7, 11) is -8.09. The molecule has 226 valence electrons. The van der Waals surface area contributed by atoms with Crippen LogP contribution < -0.4 is 14.3 Å². The minimum Gasteiger partial charge on any atom is -0.322 e. The highest BCUT2D eigenvalue weighted by molar-refractivity contribution is 7.92. The number of nitrogens with zero attached hydrogens (tertiary/aromatic N) is 1. The van der Waals surface area contributed by atoms with Gasteiger partial charge in [-0.25, -0.2) is 21.2 Å². The first-order chi connectivity index (χ1) is 20.0. The van der Waals surface area contributed by atoms with Crippen LogP contribution in [0.3, 0.4) is 0 Å². The lowest BCUT2D eigenvalue weighted by Gasteiger charge is -2.23. The molecular formula is C28H22ClF4N3O5S2. The maximum Gasteiger partial charge on any atom is 0.417 e. The maximum absolute atomic E-state index is 14.1. The molecule has 0 saturated carbocycles. The molecule has 0 bridgehead atoms. The molecule has 0 aliphatic heterocycles. The lowest BCUT2D eigenvalue weighted by atomic mass is 10.1. The van der Waals surface area contributed by atoms with Crippen molar-refractivity contribution in [3.05, 3.63) is 119 Å². The fraction of sp³-hybridized carbons (Fsp3) is 0.107. The van der Waals surface area contributed by atoms with Crippen LogP contribution in [0.15, 0.2) is 95.9 Å². The number of nitrogens with one attached hydrogen (secondary N) is 2. The lowest BCUT2D eigenvalue weighted by Crippen LogP contribution is -2.29. The number of anilines is 3. The highest BCUT2D eigenvalue weighted by Crippen LogP contribution is 2.36. The van der Waals surface area contributed by atoms with Crippen molar-refractivity contribution < 1.29 is 39.2 Å². The van der Waals surface area contributed by atoms with Crippen LogP contribution in [0.2, 0.25) is 5.02 Å². The Kier molecular flexibility index (Phi) is 9.04. The molecule has 0 aliphatic carbocycles. The Morgan fingerprint density at radius 3 is 2.05 bits per heavy atom. The van der Waals surface area contributed by atoms with Gasteiger partial charge in [0.1, 0.15) is 5.82 Å². The number of carbonyl (C=O) groups excluding carboxylic acids is 1. The summed E-state index contributed by atoms with van der Waals surface area (Å²) in [6.45, 7) is -0.261. The number of benzene rings is 4. The predicted octanol–water partition coefficient (Wildman–Crippen LogP) is 6.52. The second kappa shape index (κ2) is 12.2. The Balaban J connectivity index is 1.46. The topological polar surface area (TPSA) is 113 Å². The first-order valence-electron chi connectivity index (χ1n) is 12.2. The van der Waals surface area contributed by atoms with E-state index in [0.717, 1.165) is 34.8 Å². The quantitative estimate of drug-likeness (QED) is 0.200. The number of amides is 1. The zero-order valence-electron chi connectivity index (χ0n) is 22.1. The number of sulfonamides is 2. The fourth-order valence-electron chi connectivity index (χ4n) is 3.90. The van der Waals surface area contributed by atoms with Crippen molar-refractivity contribution in [2.24, 2.45) is 0 Å². The minimum absolute atomic E-state index is 0.143. The van der Waals surface area contributed by atoms with E-state index < -0.39 is 48.5 Å². The third-order valence-electron chi connectivity index (χ3n) is 6.04. The molecule has 0 fully saturated rings. The minimum atomic E-state index is -4.78. The molecule has 4 aromatic rings. The largest absolute Gasteiger partial charge is 0.417 e. The SMILES string of the molecule is CS(=O)(=O)N(Cc1ccccc1F)c1ccc(C(=O)Nc2ccc(S(=O)(=O)Nc3ccc(Cl)c(C(F)(F)F)c3)cc2)cc1. The fourth-order valence-corrected chi connectivity index (χ4v) is 6.05. The van der Waals surface area contributed by atoms with Crippen molar-refractivity contribution in [2.45, 2.75) is 17.6 Å². The zero-order chi connectivity index (χ0) is 31.6. The van der Waals surface area contributed by atoms with Gasteiger partial charge in [-0.15, -0.1) is 0 Å². The molecule has 0 atom stereocenters. The molecule has 1 amide bonds.